The molecule has 0 nitrogen and oxygen atoms in total. The molecule has 1 saturated carbocycles. The zero-order valence-corrected chi connectivity index (χ0v) is 10.8. The van der Waals surface area contributed by atoms with E-state index in [-0.39, 0.29) is 0 Å². The van der Waals surface area contributed by atoms with Crippen molar-refractivity contribution in [2.45, 2.75) is 44.5 Å². The third kappa shape index (κ3) is 2.36. The van der Waals surface area contributed by atoms with Crippen LogP contribution in [0.25, 0.3) is 0 Å². The number of hydrogen-bond acceptors (Lipinski definition) is 0. The monoisotopic (exact) mass is 280 g/mol. The highest BCUT2D eigenvalue weighted by Gasteiger charge is 2.32. The molecular weight excluding hydrogens is 259 g/mol. The molecule has 0 N–H and O–H groups in total. The van der Waals surface area contributed by atoms with E-state index in [0.717, 1.165) is 27.6 Å². The van der Waals surface area contributed by atoms with Crippen molar-refractivity contribution in [2.24, 2.45) is 23.7 Å². The third-order valence-corrected chi connectivity index (χ3v) is 4.97. The minimum Gasteiger partial charge on any atom is -0.0823 e. The van der Waals surface area contributed by atoms with E-state index in [1.807, 2.05) is 0 Å². The van der Waals surface area contributed by atoms with Gasteiger partial charge in [0.1, 0.15) is 0 Å². The van der Waals surface area contributed by atoms with E-state index in [1.165, 1.54) is 12.8 Å². The van der Waals surface area contributed by atoms with Crippen LogP contribution in [0.5, 0.6) is 0 Å². The third-order valence-electron chi connectivity index (χ3n) is 3.53. The van der Waals surface area contributed by atoms with Gasteiger partial charge in [-0.1, -0.05) is 50.3 Å². The molecule has 0 aromatic carbocycles. The quantitative estimate of drug-likeness (QED) is 0.500. The summed E-state index contributed by atoms with van der Waals surface area (Å²) in [7, 11) is 0. The van der Waals surface area contributed by atoms with Crippen molar-refractivity contribution in [3.05, 3.63) is 0 Å². The molecule has 4 atom stereocenters. The summed E-state index contributed by atoms with van der Waals surface area (Å²) < 4.78 is 0.925. The number of alkyl halides is 1. The van der Waals surface area contributed by atoms with Crippen LogP contribution in [-0.4, -0.2) is 3.92 Å². The zero-order chi connectivity index (χ0) is 9.30. The number of halogens is 1. The molecule has 0 saturated heterocycles. The van der Waals surface area contributed by atoms with Crippen LogP contribution in [-0.2, 0) is 0 Å². The summed E-state index contributed by atoms with van der Waals surface area (Å²) in [6, 6.07) is 0. The Labute approximate surface area is 90.6 Å². The van der Waals surface area contributed by atoms with Gasteiger partial charge in [0.2, 0.25) is 0 Å². The van der Waals surface area contributed by atoms with Gasteiger partial charge in [-0.05, 0) is 36.5 Å². The molecule has 1 aliphatic carbocycles. The van der Waals surface area contributed by atoms with Gasteiger partial charge in [0.15, 0.2) is 0 Å². The summed E-state index contributed by atoms with van der Waals surface area (Å²) in [4.78, 5) is 0. The van der Waals surface area contributed by atoms with Crippen LogP contribution in [0.4, 0.5) is 0 Å². The Kier molecular flexibility index (Phi) is 3.87. The lowest BCUT2D eigenvalue weighted by molar-refractivity contribution is 0.185. The summed E-state index contributed by atoms with van der Waals surface area (Å²) in [5.41, 5.74) is 0. The van der Waals surface area contributed by atoms with E-state index in [4.69, 9.17) is 0 Å². The van der Waals surface area contributed by atoms with E-state index in [0.29, 0.717) is 0 Å². The lowest BCUT2D eigenvalue weighted by Crippen LogP contribution is -2.32. The minimum absolute atomic E-state index is 0.877. The van der Waals surface area contributed by atoms with Crippen molar-refractivity contribution < 1.29 is 0 Å². The van der Waals surface area contributed by atoms with Crippen LogP contribution < -0.4 is 0 Å². The van der Waals surface area contributed by atoms with Crippen LogP contribution in [0.3, 0.4) is 0 Å². The van der Waals surface area contributed by atoms with Crippen LogP contribution >= 0.6 is 22.6 Å². The van der Waals surface area contributed by atoms with Gasteiger partial charge in [0.25, 0.3) is 0 Å². The van der Waals surface area contributed by atoms with Crippen molar-refractivity contribution in [3.63, 3.8) is 0 Å². The van der Waals surface area contributed by atoms with Crippen LogP contribution in [0, 0.1) is 23.7 Å². The van der Waals surface area contributed by atoms with E-state index in [9.17, 15) is 0 Å². The molecule has 0 aromatic rings. The SMILES string of the molecule is CC(C)[C@H]1C[C@@H](C)[C@@H](C)C[C@H]1I. The highest BCUT2D eigenvalue weighted by molar-refractivity contribution is 14.1. The van der Waals surface area contributed by atoms with Gasteiger partial charge in [-0.2, -0.15) is 0 Å². The predicted molar refractivity (Wildman–Crippen MR) is 63.7 cm³/mol. The van der Waals surface area contributed by atoms with Crippen molar-refractivity contribution in [3.8, 4) is 0 Å². The normalized spacial score (nSPS) is 43.5. The fourth-order valence-electron chi connectivity index (χ4n) is 2.26. The van der Waals surface area contributed by atoms with Crippen molar-refractivity contribution >= 4 is 22.6 Å². The van der Waals surface area contributed by atoms with Crippen LogP contribution in [0.1, 0.15) is 40.5 Å². The molecule has 12 heavy (non-hydrogen) atoms. The van der Waals surface area contributed by atoms with Gasteiger partial charge in [0, 0.05) is 3.92 Å². The summed E-state index contributed by atoms with van der Waals surface area (Å²) >= 11 is 2.66. The second-order valence-corrected chi connectivity index (χ2v) is 6.45. The van der Waals surface area contributed by atoms with E-state index < -0.39 is 0 Å². The summed E-state index contributed by atoms with van der Waals surface area (Å²) in [5, 5.41) is 0. The Morgan fingerprint density at radius 1 is 1.08 bits per heavy atom. The first-order valence-electron chi connectivity index (χ1n) is 5.16. The highest BCUT2D eigenvalue weighted by atomic mass is 127. The van der Waals surface area contributed by atoms with E-state index in [1.54, 1.807) is 0 Å². The molecule has 1 fully saturated rings. The Morgan fingerprint density at radius 3 is 2.08 bits per heavy atom. The lowest BCUT2D eigenvalue weighted by atomic mass is 9.72. The van der Waals surface area contributed by atoms with Gasteiger partial charge >= 0.3 is 0 Å². The van der Waals surface area contributed by atoms with Crippen molar-refractivity contribution in [2.75, 3.05) is 0 Å². The van der Waals surface area contributed by atoms with Gasteiger partial charge in [-0.25, -0.2) is 0 Å². The van der Waals surface area contributed by atoms with Gasteiger partial charge in [-0.3, -0.25) is 0 Å². The predicted octanol–water partition coefficient (Wildman–Crippen LogP) is 4.13. The zero-order valence-electron chi connectivity index (χ0n) is 8.68. The fourth-order valence-corrected chi connectivity index (χ4v) is 4.19. The van der Waals surface area contributed by atoms with Crippen LogP contribution in [0.2, 0.25) is 0 Å². The smallest absolute Gasteiger partial charge is 0.0143 e. The lowest BCUT2D eigenvalue weighted by Gasteiger charge is -2.38. The Hall–Kier alpha value is 0.730. The topological polar surface area (TPSA) is 0 Å². The molecule has 0 aliphatic heterocycles. The van der Waals surface area contributed by atoms with Gasteiger partial charge < -0.3 is 0 Å². The van der Waals surface area contributed by atoms with E-state index in [2.05, 4.69) is 50.3 Å². The summed E-state index contributed by atoms with van der Waals surface area (Å²) in [6.07, 6.45) is 2.89. The molecular formula is C11H21I. The molecule has 1 aliphatic rings. The molecule has 0 unspecified atom stereocenters. The first-order chi connectivity index (χ1) is 5.52. The molecule has 0 radical (unpaired) electrons. The molecule has 0 amide bonds. The summed E-state index contributed by atoms with van der Waals surface area (Å²) in [5.74, 6) is 3.74. The first-order valence-corrected chi connectivity index (χ1v) is 6.41. The maximum Gasteiger partial charge on any atom is 0.0143 e. The Morgan fingerprint density at radius 2 is 1.58 bits per heavy atom. The highest BCUT2D eigenvalue weighted by Crippen LogP contribution is 2.40. The summed E-state index contributed by atoms with van der Waals surface area (Å²) in [6.45, 7) is 9.58. The Bertz CT molecular complexity index is 142. The average molecular weight is 280 g/mol. The number of rotatable bonds is 1. The second kappa shape index (κ2) is 4.30. The van der Waals surface area contributed by atoms with Crippen molar-refractivity contribution in [1.82, 2.24) is 0 Å². The second-order valence-electron chi connectivity index (χ2n) is 4.85. The average Bonchev–Trinajstić information content (AvgIpc) is 1.96. The van der Waals surface area contributed by atoms with E-state index >= 15 is 0 Å². The number of hydrogen-bond donors (Lipinski definition) is 0. The molecule has 0 heterocycles. The maximum absolute atomic E-state index is 2.66. The van der Waals surface area contributed by atoms with Gasteiger partial charge in [-0.15, -0.1) is 0 Å². The fraction of sp³-hybridized carbons (Fsp3) is 1.00. The molecule has 1 rings (SSSR count). The minimum atomic E-state index is 0.877. The Balaban J connectivity index is 2.55. The molecule has 1 heteroatoms. The molecule has 72 valence electrons. The van der Waals surface area contributed by atoms with Gasteiger partial charge in [0.05, 0.1) is 0 Å². The first kappa shape index (κ1) is 10.8. The maximum atomic E-state index is 2.66. The largest absolute Gasteiger partial charge is 0.0823 e. The molecule has 0 aromatic heterocycles. The van der Waals surface area contributed by atoms with Crippen LogP contribution in [0.15, 0.2) is 0 Å². The van der Waals surface area contributed by atoms with Crippen molar-refractivity contribution in [1.29, 1.82) is 0 Å². The standard InChI is InChI=1S/C11H21I/c1-7(2)10-5-8(3)9(4)6-11(10)12/h7-11H,5-6H2,1-4H3/t8-,9+,10-,11-/m1/s1. The molecule has 0 spiro atoms. The molecule has 0 bridgehead atoms.